The van der Waals surface area contributed by atoms with E-state index >= 15 is 4.39 Å². The average Bonchev–Trinajstić information content (AvgIpc) is 3.20. The Hall–Kier alpha value is -3.54. The van der Waals surface area contributed by atoms with Crippen LogP contribution >= 0.6 is 0 Å². The molecule has 15 heteroatoms. The number of halogens is 1. The Morgan fingerprint density at radius 1 is 1.07 bits per heavy atom. The summed E-state index contributed by atoms with van der Waals surface area (Å²) in [5.74, 6) is -15.7. The van der Waals surface area contributed by atoms with Crippen LogP contribution in [-0.2, 0) is 33.3 Å². The van der Waals surface area contributed by atoms with Gasteiger partial charge in [0.15, 0.2) is 6.04 Å². The minimum absolute atomic E-state index is 0.0475. The molecular formula is C25H27FN4O10. The fourth-order valence-electron chi connectivity index (χ4n) is 5.06. The van der Waals surface area contributed by atoms with Crippen LogP contribution in [0.3, 0.4) is 0 Å². The lowest BCUT2D eigenvalue weighted by molar-refractivity contribution is -0.355. The average molecular weight is 563 g/mol. The first-order valence-electron chi connectivity index (χ1n) is 12.2. The summed E-state index contributed by atoms with van der Waals surface area (Å²) < 4.78 is 20.3. The van der Waals surface area contributed by atoms with Gasteiger partial charge < -0.3 is 45.6 Å². The van der Waals surface area contributed by atoms with Crippen LogP contribution in [0, 0.1) is 5.82 Å². The summed E-state index contributed by atoms with van der Waals surface area (Å²) in [4.78, 5) is 40.0. The number of benzene rings is 2. The highest BCUT2D eigenvalue weighted by atomic mass is 19.1. The molecule has 1 unspecified atom stereocenters. The first kappa shape index (κ1) is 28.0. The van der Waals surface area contributed by atoms with Crippen molar-refractivity contribution in [2.45, 2.75) is 36.6 Å². The molecule has 2 fully saturated rings. The Morgan fingerprint density at radius 3 is 2.45 bits per heavy atom. The lowest BCUT2D eigenvalue weighted by Gasteiger charge is -2.44. The smallest absolute Gasteiger partial charge is 0.303 e. The molecule has 0 bridgehead atoms. The van der Waals surface area contributed by atoms with Gasteiger partial charge in [0.25, 0.3) is 29.4 Å². The summed E-state index contributed by atoms with van der Waals surface area (Å²) in [5.41, 5.74) is -0.0544. The molecule has 14 nitrogen and oxygen atoms in total. The third-order valence-corrected chi connectivity index (χ3v) is 7.23. The van der Waals surface area contributed by atoms with E-state index in [2.05, 4.69) is 10.2 Å². The van der Waals surface area contributed by atoms with Gasteiger partial charge in [-0.2, -0.15) is 0 Å². The fourth-order valence-corrected chi connectivity index (χ4v) is 5.06. The molecule has 0 aromatic heterocycles. The lowest BCUT2D eigenvalue weighted by atomic mass is 9.90. The molecule has 40 heavy (non-hydrogen) atoms. The molecule has 214 valence electrons. The van der Waals surface area contributed by atoms with Gasteiger partial charge in [0, 0.05) is 43.0 Å². The number of hydrogen-bond donors (Lipinski definition) is 8. The van der Waals surface area contributed by atoms with E-state index < -0.39 is 59.2 Å². The largest absolute Gasteiger partial charge is 0.379 e. The Balaban J connectivity index is 1.39. The van der Waals surface area contributed by atoms with Crippen molar-refractivity contribution < 1.29 is 54.2 Å². The van der Waals surface area contributed by atoms with Gasteiger partial charge in [-0.05, 0) is 29.8 Å². The van der Waals surface area contributed by atoms with Crippen LogP contribution in [-0.4, -0.2) is 102 Å². The van der Waals surface area contributed by atoms with Gasteiger partial charge in [0.2, 0.25) is 0 Å². The molecule has 2 aromatic rings. The molecule has 2 aromatic carbocycles. The van der Waals surface area contributed by atoms with Gasteiger partial charge in [-0.25, -0.2) is 4.39 Å². The van der Waals surface area contributed by atoms with E-state index in [9.17, 15) is 45.0 Å². The number of ether oxygens (including phenoxy) is 1. The van der Waals surface area contributed by atoms with Crippen molar-refractivity contribution in [2.24, 2.45) is 0 Å². The maximum atomic E-state index is 15.0. The van der Waals surface area contributed by atoms with Crippen LogP contribution in [0.4, 0.5) is 10.1 Å². The highest BCUT2D eigenvalue weighted by Gasteiger charge is 2.67. The lowest BCUT2D eigenvalue weighted by Crippen LogP contribution is -2.79. The zero-order valence-electron chi connectivity index (χ0n) is 20.9. The number of morpholine rings is 1. The zero-order chi connectivity index (χ0) is 29.0. The number of fused-ring (bicyclic) bond motifs is 1. The Kier molecular flexibility index (Phi) is 6.88. The molecule has 0 spiro atoms. The van der Waals surface area contributed by atoms with Crippen molar-refractivity contribution in [2.75, 3.05) is 31.6 Å². The molecule has 1 atom stereocenters. The third-order valence-electron chi connectivity index (χ3n) is 7.23. The standard InChI is InChI=1S/C25H27FN4O10/c26-17-10-13(11-29-6-8-40-9-7-29)4-5-16(17)25(38,39)28-18-3-1-2-14-15(18)12-30(21(14)32)19-20(31)27-22(33)24(36,37)23(19,34)35/h1-5,10,19,28,34-39H,6-9,11-12H2,(H,27,31,33). The molecule has 0 radical (unpaired) electrons. The summed E-state index contributed by atoms with van der Waals surface area (Å²) in [7, 11) is 0. The Bertz CT molecular complexity index is 1380. The second-order valence-electron chi connectivity index (χ2n) is 9.88. The number of carbonyl (C=O) groups is 3. The highest BCUT2D eigenvalue weighted by molar-refractivity contribution is 6.08. The molecule has 0 aliphatic carbocycles. The first-order chi connectivity index (χ1) is 18.7. The van der Waals surface area contributed by atoms with E-state index in [-0.39, 0.29) is 16.8 Å². The van der Waals surface area contributed by atoms with Crippen molar-refractivity contribution in [1.82, 2.24) is 15.1 Å². The number of carbonyl (C=O) groups excluding carboxylic acids is 3. The highest BCUT2D eigenvalue weighted by Crippen LogP contribution is 2.38. The number of nitrogens with one attached hydrogen (secondary N) is 2. The van der Waals surface area contributed by atoms with E-state index in [1.165, 1.54) is 30.3 Å². The maximum absolute atomic E-state index is 15.0. The normalized spacial score (nSPS) is 22.7. The quantitative estimate of drug-likeness (QED) is 0.133. The SMILES string of the molecule is O=C1NC(=O)C(O)(O)C(O)(O)C1N1Cc2c(NC(O)(O)c3ccc(CN4CCOCC4)cc3F)cccc2C1=O. The van der Waals surface area contributed by atoms with Gasteiger partial charge >= 0.3 is 5.79 Å². The molecule has 5 rings (SSSR count). The summed E-state index contributed by atoms with van der Waals surface area (Å²) in [6.07, 6.45) is 0. The van der Waals surface area contributed by atoms with Crippen molar-refractivity contribution in [3.8, 4) is 0 Å². The van der Waals surface area contributed by atoms with Gasteiger partial charge in [0.05, 0.1) is 18.8 Å². The third kappa shape index (κ3) is 4.61. The van der Waals surface area contributed by atoms with E-state index in [4.69, 9.17) is 4.74 Å². The fraction of sp³-hybridized carbons (Fsp3) is 0.400. The van der Waals surface area contributed by atoms with Crippen LogP contribution in [0.15, 0.2) is 36.4 Å². The second-order valence-corrected chi connectivity index (χ2v) is 9.88. The van der Waals surface area contributed by atoms with Crippen molar-refractivity contribution in [3.63, 3.8) is 0 Å². The monoisotopic (exact) mass is 562 g/mol. The molecule has 3 aliphatic heterocycles. The number of nitrogens with zero attached hydrogens (tertiary/aromatic N) is 2. The minimum Gasteiger partial charge on any atom is -0.379 e. The number of hydrogen-bond acceptors (Lipinski definition) is 12. The van der Waals surface area contributed by atoms with E-state index in [0.29, 0.717) is 43.3 Å². The number of rotatable bonds is 6. The summed E-state index contributed by atoms with van der Waals surface area (Å²) >= 11 is 0. The van der Waals surface area contributed by atoms with E-state index in [0.717, 1.165) is 0 Å². The minimum atomic E-state index is -3.83. The molecule has 0 saturated carbocycles. The number of piperidine rings is 1. The second kappa shape index (κ2) is 9.83. The molecule has 3 heterocycles. The summed E-state index contributed by atoms with van der Waals surface area (Å²) in [6, 6.07) is 5.56. The van der Waals surface area contributed by atoms with Crippen LogP contribution in [0.5, 0.6) is 0 Å². The topological polar surface area (TPSA) is 212 Å². The molecule has 2 saturated heterocycles. The number of amides is 3. The molecule has 8 N–H and O–H groups in total. The van der Waals surface area contributed by atoms with Crippen molar-refractivity contribution >= 4 is 23.4 Å². The maximum Gasteiger partial charge on any atom is 0.303 e. The number of imide groups is 1. The van der Waals surface area contributed by atoms with E-state index in [1.807, 2.05) is 0 Å². The van der Waals surface area contributed by atoms with Crippen LogP contribution in [0.2, 0.25) is 0 Å². The van der Waals surface area contributed by atoms with Gasteiger partial charge in [0.1, 0.15) is 5.82 Å². The van der Waals surface area contributed by atoms with Gasteiger partial charge in [-0.3, -0.25) is 24.6 Å². The molecular weight excluding hydrogens is 535 g/mol. The van der Waals surface area contributed by atoms with Gasteiger partial charge in [-0.1, -0.05) is 12.1 Å². The number of anilines is 1. The zero-order valence-corrected chi connectivity index (χ0v) is 20.9. The molecule has 3 amide bonds. The Morgan fingerprint density at radius 2 is 1.77 bits per heavy atom. The summed E-state index contributed by atoms with van der Waals surface area (Å²) in [5, 5.41) is 66.1. The van der Waals surface area contributed by atoms with Crippen LogP contribution in [0.25, 0.3) is 0 Å². The first-order valence-corrected chi connectivity index (χ1v) is 12.2. The van der Waals surface area contributed by atoms with Crippen molar-refractivity contribution in [1.29, 1.82) is 0 Å². The Labute approximate surface area is 225 Å². The molecule has 3 aliphatic rings. The number of aliphatic hydroxyl groups is 6. The van der Waals surface area contributed by atoms with Crippen molar-refractivity contribution in [3.05, 3.63) is 64.5 Å². The predicted molar refractivity (Wildman–Crippen MR) is 130 cm³/mol. The summed E-state index contributed by atoms with van der Waals surface area (Å²) in [6.45, 7) is 2.35. The predicted octanol–water partition coefficient (Wildman–Crippen LogP) is -2.79. The van der Waals surface area contributed by atoms with Crippen LogP contribution in [0.1, 0.15) is 27.0 Å². The van der Waals surface area contributed by atoms with E-state index in [1.54, 1.807) is 11.4 Å². The van der Waals surface area contributed by atoms with Gasteiger partial charge in [-0.15, -0.1) is 0 Å². The van der Waals surface area contributed by atoms with Crippen LogP contribution < -0.4 is 10.6 Å².